The molecular formula is C11H12FI2NO3. The van der Waals surface area contributed by atoms with Gasteiger partial charge < -0.3 is 15.6 Å². The molecule has 0 aliphatic carbocycles. The van der Waals surface area contributed by atoms with E-state index in [1.807, 2.05) is 45.2 Å². The number of benzene rings is 1. The monoisotopic (exact) mass is 479 g/mol. The van der Waals surface area contributed by atoms with Gasteiger partial charge in [-0.3, -0.25) is 0 Å². The number of alkyl halides is 1. The number of phenols is 1. The van der Waals surface area contributed by atoms with E-state index in [0.29, 0.717) is 12.7 Å². The molecular weight excluding hydrogens is 467 g/mol. The highest BCUT2D eigenvalue weighted by atomic mass is 127. The first-order valence-corrected chi connectivity index (χ1v) is 7.28. The summed E-state index contributed by atoms with van der Waals surface area (Å²) in [6, 6.07) is 2.00. The van der Waals surface area contributed by atoms with Gasteiger partial charge in [-0.25, -0.2) is 9.18 Å². The molecule has 0 aromatic heterocycles. The van der Waals surface area contributed by atoms with Crippen LogP contribution in [0.2, 0.25) is 0 Å². The lowest BCUT2D eigenvalue weighted by atomic mass is 10.0. The third-order valence-electron chi connectivity index (χ3n) is 2.25. The molecule has 0 saturated carbocycles. The number of rotatable bonds is 4. The van der Waals surface area contributed by atoms with Crippen molar-refractivity contribution in [2.45, 2.75) is 19.1 Å². The molecule has 0 saturated heterocycles. The van der Waals surface area contributed by atoms with E-state index in [1.165, 1.54) is 0 Å². The average molecular weight is 479 g/mol. The normalized spacial score (nSPS) is 14.1. The molecule has 0 bridgehead atoms. The van der Waals surface area contributed by atoms with Gasteiger partial charge in [0.2, 0.25) is 6.17 Å². The van der Waals surface area contributed by atoms with Crippen molar-refractivity contribution in [3.8, 4) is 5.75 Å². The maximum atomic E-state index is 13.8. The SMILES string of the molecule is CCOC(=O)C(F)[C@H](N)c1cc(I)c(O)c(I)c1. The van der Waals surface area contributed by atoms with Crippen LogP contribution in [0.15, 0.2) is 12.1 Å². The molecule has 0 aliphatic heterocycles. The summed E-state index contributed by atoms with van der Waals surface area (Å²) in [5, 5.41) is 9.60. The van der Waals surface area contributed by atoms with Gasteiger partial charge >= 0.3 is 5.97 Å². The number of hydrogen-bond donors (Lipinski definition) is 2. The second-order valence-electron chi connectivity index (χ2n) is 3.51. The predicted octanol–water partition coefficient (Wildman–Crippen LogP) is 2.50. The maximum absolute atomic E-state index is 13.8. The van der Waals surface area contributed by atoms with Crippen LogP contribution in [-0.4, -0.2) is 23.9 Å². The van der Waals surface area contributed by atoms with Gasteiger partial charge in [0.1, 0.15) is 5.75 Å². The van der Waals surface area contributed by atoms with Gasteiger partial charge in [0, 0.05) is 0 Å². The first-order valence-electron chi connectivity index (χ1n) is 5.12. The van der Waals surface area contributed by atoms with Gasteiger partial charge in [-0.05, 0) is 69.8 Å². The number of hydrogen-bond acceptors (Lipinski definition) is 4. The third-order valence-corrected chi connectivity index (χ3v) is 3.90. The van der Waals surface area contributed by atoms with E-state index in [2.05, 4.69) is 4.74 Å². The first-order chi connectivity index (χ1) is 8.38. The number of halogens is 3. The number of nitrogens with two attached hydrogens (primary N) is 1. The Morgan fingerprint density at radius 1 is 1.50 bits per heavy atom. The largest absolute Gasteiger partial charge is 0.506 e. The van der Waals surface area contributed by atoms with Crippen LogP contribution in [0.3, 0.4) is 0 Å². The molecule has 0 amide bonds. The van der Waals surface area contributed by atoms with Crippen LogP contribution in [0.4, 0.5) is 4.39 Å². The van der Waals surface area contributed by atoms with Crippen LogP contribution in [0.1, 0.15) is 18.5 Å². The molecule has 0 radical (unpaired) electrons. The van der Waals surface area contributed by atoms with E-state index >= 15 is 0 Å². The smallest absolute Gasteiger partial charge is 0.342 e. The summed E-state index contributed by atoms with van der Waals surface area (Å²) in [5.41, 5.74) is 6.14. The van der Waals surface area contributed by atoms with E-state index in [9.17, 15) is 14.3 Å². The minimum absolute atomic E-state index is 0.108. The van der Waals surface area contributed by atoms with Crippen LogP contribution in [0.5, 0.6) is 5.75 Å². The minimum Gasteiger partial charge on any atom is -0.506 e. The number of ether oxygens (including phenoxy) is 1. The van der Waals surface area contributed by atoms with Gasteiger partial charge in [0.05, 0.1) is 19.8 Å². The zero-order valence-corrected chi connectivity index (χ0v) is 13.8. The molecule has 1 rings (SSSR count). The van der Waals surface area contributed by atoms with Gasteiger partial charge in [0.15, 0.2) is 0 Å². The van der Waals surface area contributed by atoms with Crippen molar-refractivity contribution in [1.29, 1.82) is 0 Å². The zero-order chi connectivity index (χ0) is 13.9. The maximum Gasteiger partial charge on any atom is 0.342 e. The minimum atomic E-state index is -1.92. The predicted molar refractivity (Wildman–Crippen MR) is 82.0 cm³/mol. The van der Waals surface area contributed by atoms with E-state index in [-0.39, 0.29) is 12.4 Å². The van der Waals surface area contributed by atoms with Gasteiger partial charge in [-0.2, -0.15) is 0 Å². The van der Waals surface area contributed by atoms with Crippen LogP contribution in [0, 0.1) is 7.14 Å². The lowest BCUT2D eigenvalue weighted by molar-refractivity contribution is -0.149. The summed E-state index contributed by atoms with van der Waals surface area (Å²) in [6.07, 6.45) is -1.92. The quantitative estimate of drug-likeness (QED) is 0.515. The van der Waals surface area contributed by atoms with E-state index in [0.717, 1.165) is 0 Å². The second-order valence-corrected chi connectivity index (χ2v) is 5.84. The summed E-state index contributed by atoms with van der Waals surface area (Å²) >= 11 is 3.83. The second kappa shape index (κ2) is 6.85. The Labute approximate surface area is 131 Å². The highest BCUT2D eigenvalue weighted by molar-refractivity contribution is 14.1. The molecule has 0 heterocycles. The topological polar surface area (TPSA) is 72.5 Å². The number of carbonyl (C=O) groups excluding carboxylic acids is 1. The third kappa shape index (κ3) is 3.67. The molecule has 100 valence electrons. The van der Waals surface area contributed by atoms with Gasteiger partial charge in [0.25, 0.3) is 0 Å². The fourth-order valence-electron chi connectivity index (χ4n) is 1.32. The fourth-order valence-corrected chi connectivity index (χ4v) is 3.13. The van der Waals surface area contributed by atoms with Crippen LogP contribution in [-0.2, 0) is 9.53 Å². The summed E-state index contributed by atoms with van der Waals surface area (Å²) in [5.74, 6) is -0.846. The molecule has 18 heavy (non-hydrogen) atoms. The zero-order valence-electron chi connectivity index (χ0n) is 9.49. The number of esters is 1. The van der Waals surface area contributed by atoms with Crippen molar-refractivity contribution in [3.63, 3.8) is 0 Å². The first kappa shape index (κ1) is 15.9. The van der Waals surface area contributed by atoms with E-state index in [4.69, 9.17) is 5.73 Å². The van der Waals surface area contributed by atoms with Crippen LogP contribution >= 0.6 is 45.2 Å². The molecule has 0 aliphatic rings. The molecule has 1 unspecified atom stereocenters. The Bertz CT molecular complexity index is 433. The van der Waals surface area contributed by atoms with E-state index < -0.39 is 18.2 Å². The molecule has 4 nitrogen and oxygen atoms in total. The molecule has 1 aromatic carbocycles. The number of carbonyl (C=O) groups is 1. The van der Waals surface area contributed by atoms with Crippen molar-refractivity contribution >= 4 is 51.2 Å². The fraction of sp³-hybridized carbons (Fsp3) is 0.364. The molecule has 2 atom stereocenters. The number of phenolic OH excluding ortho intramolecular Hbond substituents is 1. The Balaban J connectivity index is 2.97. The Kier molecular flexibility index (Phi) is 6.05. The lowest BCUT2D eigenvalue weighted by Crippen LogP contribution is -2.31. The highest BCUT2D eigenvalue weighted by Gasteiger charge is 2.28. The summed E-state index contributed by atoms with van der Waals surface area (Å²) in [4.78, 5) is 11.3. The molecule has 7 heteroatoms. The Morgan fingerprint density at radius 3 is 2.44 bits per heavy atom. The van der Waals surface area contributed by atoms with Gasteiger partial charge in [-0.15, -0.1) is 0 Å². The molecule has 3 N–H and O–H groups in total. The summed E-state index contributed by atoms with van der Waals surface area (Å²) in [6.45, 7) is 1.71. The van der Waals surface area contributed by atoms with Gasteiger partial charge in [-0.1, -0.05) is 0 Å². The van der Waals surface area contributed by atoms with Crippen molar-refractivity contribution in [2.75, 3.05) is 6.61 Å². The van der Waals surface area contributed by atoms with Crippen molar-refractivity contribution in [1.82, 2.24) is 0 Å². The van der Waals surface area contributed by atoms with Crippen molar-refractivity contribution in [3.05, 3.63) is 24.8 Å². The average Bonchev–Trinajstić information content (AvgIpc) is 2.33. The standard InChI is InChI=1S/C11H12FI2NO3/c1-2-18-11(17)8(12)9(15)5-3-6(13)10(16)7(14)4-5/h3-4,8-9,16H,2,15H2,1H3/t8?,9-/m1/s1. The highest BCUT2D eigenvalue weighted by Crippen LogP contribution is 2.30. The van der Waals surface area contributed by atoms with Crippen LogP contribution < -0.4 is 5.73 Å². The number of aromatic hydroxyl groups is 1. The van der Waals surface area contributed by atoms with Crippen LogP contribution in [0.25, 0.3) is 0 Å². The van der Waals surface area contributed by atoms with E-state index in [1.54, 1.807) is 19.1 Å². The summed E-state index contributed by atoms with van der Waals surface area (Å²) < 4.78 is 19.5. The molecule has 0 fully saturated rings. The lowest BCUT2D eigenvalue weighted by Gasteiger charge is -2.17. The summed E-state index contributed by atoms with van der Waals surface area (Å²) in [7, 11) is 0. The Hall–Kier alpha value is -0.160. The Morgan fingerprint density at radius 2 is 2.00 bits per heavy atom. The van der Waals surface area contributed by atoms with Crippen molar-refractivity contribution in [2.24, 2.45) is 5.73 Å². The van der Waals surface area contributed by atoms with Crippen molar-refractivity contribution < 1.29 is 19.0 Å². The molecule has 0 spiro atoms. The molecule has 1 aromatic rings.